The maximum atomic E-state index is 12.7. The molecule has 0 saturated carbocycles. The van der Waals surface area contributed by atoms with Crippen molar-refractivity contribution in [2.45, 2.75) is 39.3 Å². The van der Waals surface area contributed by atoms with E-state index in [2.05, 4.69) is 15.2 Å². The number of rotatable bonds is 6. The molecule has 6 nitrogen and oxygen atoms in total. The molecule has 162 valence electrons. The molecule has 1 aromatic heterocycles. The Hall–Kier alpha value is -2.99. The summed E-state index contributed by atoms with van der Waals surface area (Å²) in [6.07, 6.45) is 8.44. The number of nitrogens with one attached hydrogen (secondary N) is 1. The number of benzene rings is 1. The van der Waals surface area contributed by atoms with E-state index in [9.17, 15) is 9.59 Å². The Morgan fingerprint density at radius 3 is 2.68 bits per heavy atom. The molecule has 2 aromatic rings. The molecule has 3 heterocycles. The van der Waals surface area contributed by atoms with Gasteiger partial charge in [-0.2, -0.15) is 0 Å². The van der Waals surface area contributed by atoms with Gasteiger partial charge in [0.05, 0.1) is 6.54 Å². The van der Waals surface area contributed by atoms with Crippen molar-refractivity contribution in [3.63, 3.8) is 0 Å². The minimum Gasteiger partial charge on any atom is -0.348 e. The number of nitrogens with zero attached hydrogens (tertiary/aromatic N) is 3. The summed E-state index contributed by atoms with van der Waals surface area (Å²) in [5.74, 6) is 0.0770. The lowest BCUT2D eigenvalue weighted by atomic mass is 9.95. The highest BCUT2D eigenvalue weighted by molar-refractivity contribution is 5.91. The van der Waals surface area contributed by atoms with E-state index in [1.54, 1.807) is 6.08 Å². The van der Waals surface area contributed by atoms with Crippen LogP contribution in [0.15, 0.2) is 42.6 Å². The minimum absolute atomic E-state index is 0.126. The fourth-order valence-corrected chi connectivity index (χ4v) is 4.37. The molecule has 31 heavy (non-hydrogen) atoms. The monoisotopic (exact) mass is 418 g/mol. The fourth-order valence-electron chi connectivity index (χ4n) is 4.37. The molecule has 0 spiro atoms. The van der Waals surface area contributed by atoms with Gasteiger partial charge in [0.1, 0.15) is 0 Å². The van der Waals surface area contributed by atoms with Crippen molar-refractivity contribution in [3.05, 3.63) is 70.6 Å². The number of amides is 2. The summed E-state index contributed by atoms with van der Waals surface area (Å²) in [5, 5.41) is 2.99. The van der Waals surface area contributed by atoms with Gasteiger partial charge in [0.25, 0.3) is 0 Å². The van der Waals surface area contributed by atoms with E-state index in [1.807, 2.05) is 54.4 Å². The number of hydrogen-bond acceptors (Lipinski definition) is 4. The first-order chi connectivity index (χ1) is 15.1. The molecule has 6 heteroatoms. The van der Waals surface area contributed by atoms with Crippen LogP contribution in [-0.4, -0.2) is 52.8 Å². The van der Waals surface area contributed by atoms with Crippen LogP contribution in [-0.2, 0) is 29.1 Å². The second kappa shape index (κ2) is 9.88. The first-order valence-corrected chi connectivity index (χ1v) is 11.1. The number of carbonyl (C=O) groups is 2. The van der Waals surface area contributed by atoms with Crippen molar-refractivity contribution in [1.29, 1.82) is 0 Å². The number of carbonyl (C=O) groups excluding carboxylic acids is 2. The second-order valence-corrected chi connectivity index (χ2v) is 8.34. The fraction of sp³-hybridized carbons (Fsp3) is 0.400. The number of likely N-dealkylation sites (tertiary alicyclic amines) is 1. The van der Waals surface area contributed by atoms with Gasteiger partial charge in [0, 0.05) is 37.6 Å². The highest BCUT2D eigenvalue weighted by atomic mass is 16.2. The van der Waals surface area contributed by atoms with Crippen molar-refractivity contribution in [3.8, 4) is 0 Å². The highest BCUT2D eigenvalue weighted by Gasteiger charge is 2.25. The summed E-state index contributed by atoms with van der Waals surface area (Å²) in [6.45, 7) is 6.32. The minimum atomic E-state index is -0.126. The van der Waals surface area contributed by atoms with Crippen LogP contribution < -0.4 is 5.32 Å². The van der Waals surface area contributed by atoms with Crippen LogP contribution in [0, 0.1) is 6.92 Å². The summed E-state index contributed by atoms with van der Waals surface area (Å²) < 4.78 is 0. The number of aryl methyl sites for hydroxylation is 1. The second-order valence-electron chi connectivity index (χ2n) is 8.34. The molecule has 0 radical (unpaired) electrons. The first kappa shape index (κ1) is 21.2. The molecule has 0 unspecified atom stereocenters. The van der Waals surface area contributed by atoms with E-state index < -0.39 is 0 Å². The van der Waals surface area contributed by atoms with E-state index in [1.165, 1.54) is 18.4 Å². The quantitative estimate of drug-likeness (QED) is 0.733. The molecular weight excluding hydrogens is 388 g/mol. The van der Waals surface area contributed by atoms with Gasteiger partial charge >= 0.3 is 0 Å². The van der Waals surface area contributed by atoms with Crippen molar-refractivity contribution < 1.29 is 9.59 Å². The summed E-state index contributed by atoms with van der Waals surface area (Å²) in [7, 11) is 0. The van der Waals surface area contributed by atoms with E-state index >= 15 is 0 Å². The summed E-state index contributed by atoms with van der Waals surface area (Å²) >= 11 is 0. The van der Waals surface area contributed by atoms with Gasteiger partial charge < -0.3 is 10.2 Å². The zero-order valence-corrected chi connectivity index (χ0v) is 18.1. The van der Waals surface area contributed by atoms with Gasteiger partial charge in [-0.15, -0.1) is 0 Å². The Bertz CT molecular complexity index is 965. The number of aromatic nitrogens is 1. The van der Waals surface area contributed by atoms with Crippen LogP contribution in [0.1, 0.15) is 40.8 Å². The van der Waals surface area contributed by atoms with E-state index in [-0.39, 0.29) is 11.8 Å². The lowest BCUT2D eigenvalue weighted by molar-refractivity contribution is -0.133. The molecule has 1 N–H and O–H groups in total. The van der Waals surface area contributed by atoms with E-state index in [0.717, 1.165) is 48.4 Å². The van der Waals surface area contributed by atoms with Crippen LogP contribution in [0.3, 0.4) is 0 Å². The van der Waals surface area contributed by atoms with Crippen LogP contribution in [0.2, 0.25) is 0 Å². The molecule has 2 aliphatic heterocycles. The van der Waals surface area contributed by atoms with Crippen LogP contribution >= 0.6 is 0 Å². The lowest BCUT2D eigenvalue weighted by Gasteiger charge is -2.31. The molecule has 0 atom stereocenters. The number of hydrogen-bond donors (Lipinski definition) is 1. The Morgan fingerprint density at radius 2 is 1.90 bits per heavy atom. The van der Waals surface area contributed by atoms with Crippen molar-refractivity contribution in [2.75, 3.05) is 26.2 Å². The third kappa shape index (κ3) is 5.39. The SMILES string of the molecule is Cc1ncc2c(c1CNC(=O)/C=C/c1ccccc1)CCN(C(=O)CN1CCCC1)C2. The van der Waals surface area contributed by atoms with Gasteiger partial charge in [-0.1, -0.05) is 30.3 Å². The molecule has 1 aromatic carbocycles. The van der Waals surface area contributed by atoms with Crippen LogP contribution in [0.4, 0.5) is 0 Å². The molecule has 1 fully saturated rings. The van der Waals surface area contributed by atoms with Crippen LogP contribution in [0.5, 0.6) is 0 Å². The van der Waals surface area contributed by atoms with Gasteiger partial charge in [0.15, 0.2) is 0 Å². The van der Waals surface area contributed by atoms with Crippen molar-refractivity contribution >= 4 is 17.9 Å². The van der Waals surface area contributed by atoms with Gasteiger partial charge in [-0.05, 0) is 67.6 Å². The van der Waals surface area contributed by atoms with E-state index in [4.69, 9.17) is 0 Å². The molecular formula is C25H30N4O2. The molecule has 1 saturated heterocycles. The normalized spacial score (nSPS) is 16.5. The van der Waals surface area contributed by atoms with Crippen LogP contribution in [0.25, 0.3) is 6.08 Å². The largest absolute Gasteiger partial charge is 0.348 e. The number of fused-ring (bicyclic) bond motifs is 1. The zero-order valence-electron chi connectivity index (χ0n) is 18.1. The first-order valence-electron chi connectivity index (χ1n) is 11.1. The summed E-state index contributed by atoms with van der Waals surface area (Å²) in [6, 6.07) is 9.77. The smallest absolute Gasteiger partial charge is 0.244 e. The maximum Gasteiger partial charge on any atom is 0.244 e. The molecule has 0 bridgehead atoms. The van der Waals surface area contributed by atoms with Crippen molar-refractivity contribution in [1.82, 2.24) is 20.1 Å². The molecule has 2 amide bonds. The van der Waals surface area contributed by atoms with E-state index in [0.29, 0.717) is 19.6 Å². The lowest BCUT2D eigenvalue weighted by Crippen LogP contribution is -2.42. The Morgan fingerprint density at radius 1 is 1.13 bits per heavy atom. The van der Waals surface area contributed by atoms with Crippen molar-refractivity contribution in [2.24, 2.45) is 0 Å². The van der Waals surface area contributed by atoms with Gasteiger partial charge in [0.2, 0.25) is 11.8 Å². The molecule has 2 aliphatic rings. The Kier molecular flexibility index (Phi) is 6.77. The topological polar surface area (TPSA) is 65.5 Å². The predicted octanol–water partition coefficient (Wildman–Crippen LogP) is 2.70. The third-order valence-electron chi connectivity index (χ3n) is 6.17. The highest BCUT2D eigenvalue weighted by Crippen LogP contribution is 2.24. The molecule has 4 rings (SSSR count). The summed E-state index contributed by atoms with van der Waals surface area (Å²) in [4.78, 5) is 33.8. The Labute approximate surface area is 184 Å². The third-order valence-corrected chi connectivity index (χ3v) is 6.17. The predicted molar refractivity (Wildman–Crippen MR) is 121 cm³/mol. The average Bonchev–Trinajstić information content (AvgIpc) is 3.30. The zero-order chi connectivity index (χ0) is 21.6. The standard InChI is InChI=1S/C25H30N4O2/c1-19-23(16-27-24(30)10-9-20-7-3-2-4-8-20)22-11-14-29(17-21(22)15-26-19)25(31)18-28-12-5-6-13-28/h2-4,7-10,15H,5-6,11-14,16-18H2,1H3,(H,27,30)/b10-9+. The molecule has 0 aliphatic carbocycles. The Balaban J connectivity index is 1.38. The maximum absolute atomic E-state index is 12.7. The number of pyridine rings is 1. The summed E-state index contributed by atoms with van der Waals surface area (Å²) in [5.41, 5.74) is 5.32. The average molecular weight is 419 g/mol. The van der Waals surface area contributed by atoms with Gasteiger partial charge in [-0.25, -0.2) is 0 Å². The van der Waals surface area contributed by atoms with Gasteiger partial charge in [-0.3, -0.25) is 19.5 Å².